The molecule has 0 aliphatic carbocycles. The number of H-pyrrole nitrogens is 1. The summed E-state index contributed by atoms with van der Waals surface area (Å²) < 4.78 is 18.6. The zero-order chi connectivity index (χ0) is 15.0. The van der Waals surface area contributed by atoms with Crippen molar-refractivity contribution < 1.29 is 13.9 Å². The fraction of sp³-hybridized carbons (Fsp3) is 0.0625. The van der Waals surface area contributed by atoms with Crippen LogP contribution >= 0.6 is 0 Å². The summed E-state index contributed by atoms with van der Waals surface area (Å²) in [4.78, 5) is 15.6. The topological polar surface area (TPSA) is 68.1 Å². The number of nitrogen functional groups attached to an aromatic ring is 1. The van der Waals surface area contributed by atoms with E-state index in [0.717, 1.165) is 10.9 Å². The zero-order valence-corrected chi connectivity index (χ0v) is 11.3. The van der Waals surface area contributed by atoms with E-state index in [-0.39, 0.29) is 17.0 Å². The van der Waals surface area contributed by atoms with Crippen molar-refractivity contribution in [2.75, 3.05) is 12.8 Å². The van der Waals surface area contributed by atoms with Gasteiger partial charge in [-0.25, -0.2) is 4.39 Å². The SMILES string of the molecule is COc1ccc2[nH]cc(C(=O)c3cc(N)cc(F)c3)c2c1. The van der Waals surface area contributed by atoms with Crippen LogP contribution in [0.2, 0.25) is 0 Å². The average Bonchev–Trinajstić information content (AvgIpc) is 2.88. The molecule has 1 heterocycles. The molecule has 5 heteroatoms. The maximum Gasteiger partial charge on any atom is 0.195 e. The number of nitrogens with two attached hydrogens (primary N) is 1. The molecule has 0 aliphatic rings. The predicted octanol–water partition coefficient (Wildman–Crippen LogP) is 3.13. The highest BCUT2D eigenvalue weighted by Gasteiger charge is 2.16. The van der Waals surface area contributed by atoms with Gasteiger partial charge in [0.25, 0.3) is 0 Å². The molecule has 0 spiro atoms. The minimum atomic E-state index is -0.532. The molecule has 0 unspecified atom stereocenters. The van der Waals surface area contributed by atoms with Gasteiger partial charge in [0.15, 0.2) is 5.78 Å². The van der Waals surface area contributed by atoms with Crippen LogP contribution in [-0.4, -0.2) is 17.9 Å². The van der Waals surface area contributed by atoms with Crippen molar-refractivity contribution in [1.29, 1.82) is 0 Å². The molecule has 21 heavy (non-hydrogen) atoms. The van der Waals surface area contributed by atoms with Crippen LogP contribution in [0.15, 0.2) is 42.6 Å². The van der Waals surface area contributed by atoms with E-state index < -0.39 is 5.82 Å². The highest BCUT2D eigenvalue weighted by atomic mass is 19.1. The van der Waals surface area contributed by atoms with Crippen molar-refractivity contribution >= 4 is 22.4 Å². The number of hydrogen-bond donors (Lipinski definition) is 2. The summed E-state index contributed by atoms with van der Waals surface area (Å²) in [6.07, 6.45) is 1.60. The molecule has 4 nitrogen and oxygen atoms in total. The molecule has 0 aliphatic heterocycles. The third kappa shape index (κ3) is 2.33. The Kier molecular flexibility index (Phi) is 3.10. The fourth-order valence-electron chi connectivity index (χ4n) is 2.31. The van der Waals surface area contributed by atoms with Crippen LogP contribution in [0, 0.1) is 5.82 Å². The first kappa shape index (κ1) is 13.2. The smallest absolute Gasteiger partial charge is 0.195 e. The average molecular weight is 284 g/mol. The standard InChI is InChI=1S/C16H13FN2O2/c1-21-12-2-3-15-13(7-12)14(8-19-15)16(20)9-4-10(17)6-11(18)5-9/h2-8,19H,18H2,1H3. The number of anilines is 1. The summed E-state index contributed by atoms with van der Waals surface area (Å²) in [5.74, 6) is -0.175. The number of benzene rings is 2. The van der Waals surface area contributed by atoms with Crippen LogP contribution in [-0.2, 0) is 0 Å². The maximum absolute atomic E-state index is 13.4. The van der Waals surface area contributed by atoms with Crippen LogP contribution in [0.4, 0.5) is 10.1 Å². The second kappa shape index (κ2) is 4.94. The van der Waals surface area contributed by atoms with Gasteiger partial charge in [-0.3, -0.25) is 4.79 Å². The van der Waals surface area contributed by atoms with Crippen LogP contribution in [0.5, 0.6) is 5.75 Å². The van der Waals surface area contributed by atoms with Crippen LogP contribution in [0.1, 0.15) is 15.9 Å². The number of hydrogen-bond acceptors (Lipinski definition) is 3. The number of fused-ring (bicyclic) bond motifs is 1. The highest BCUT2D eigenvalue weighted by molar-refractivity contribution is 6.16. The van der Waals surface area contributed by atoms with Crippen molar-refractivity contribution in [3.8, 4) is 5.75 Å². The molecular formula is C16H13FN2O2. The number of ketones is 1. The predicted molar refractivity (Wildman–Crippen MR) is 79.1 cm³/mol. The van der Waals surface area contributed by atoms with Gasteiger partial charge in [0.05, 0.1) is 7.11 Å². The second-order valence-electron chi connectivity index (χ2n) is 4.72. The number of aromatic amines is 1. The van der Waals surface area contributed by atoms with Gasteiger partial charge in [-0.05, 0) is 36.4 Å². The zero-order valence-electron chi connectivity index (χ0n) is 11.3. The molecule has 0 saturated carbocycles. The number of rotatable bonds is 3. The van der Waals surface area contributed by atoms with Crippen LogP contribution in [0.3, 0.4) is 0 Å². The fourth-order valence-corrected chi connectivity index (χ4v) is 2.31. The Bertz CT molecular complexity index is 819. The van der Waals surface area contributed by atoms with E-state index in [1.165, 1.54) is 18.2 Å². The van der Waals surface area contributed by atoms with E-state index in [2.05, 4.69) is 4.98 Å². The van der Waals surface area contributed by atoms with Gasteiger partial charge in [-0.2, -0.15) is 0 Å². The summed E-state index contributed by atoms with van der Waals surface area (Å²) in [6.45, 7) is 0. The van der Waals surface area contributed by atoms with E-state index in [1.54, 1.807) is 25.4 Å². The maximum atomic E-state index is 13.4. The molecule has 0 atom stereocenters. The van der Waals surface area contributed by atoms with Gasteiger partial charge < -0.3 is 15.5 Å². The number of aromatic nitrogens is 1. The van der Waals surface area contributed by atoms with E-state index in [4.69, 9.17) is 10.5 Å². The summed E-state index contributed by atoms with van der Waals surface area (Å²) in [7, 11) is 1.56. The first-order valence-corrected chi connectivity index (χ1v) is 6.34. The van der Waals surface area contributed by atoms with Crippen molar-refractivity contribution in [3.05, 3.63) is 59.5 Å². The lowest BCUT2D eigenvalue weighted by atomic mass is 10.0. The number of carbonyl (C=O) groups is 1. The number of nitrogens with one attached hydrogen (secondary N) is 1. The lowest BCUT2D eigenvalue weighted by Crippen LogP contribution is -2.02. The van der Waals surface area contributed by atoms with Gasteiger partial charge >= 0.3 is 0 Å². The first-order chi connectivity index (χ1) is 10.1. The van der Waals surface area contributed by atoms with Crippen molar-refractivity contribution in [2.24, 2.45) is 0 Å². The number of halogens is 1. The third-order valence-electron chi connectivity index (χ3n) is 3.32. The van der Waals surface area contributed by atoms with Crippen LogP contribution < -0.4 is 10.5 Å². The van der Waals surface area contributed by atoms with Gasteiger partial charge in [0, 0.05) is 33.9 Å². The van der Waals surface area contributed by atoms with E-state index in [1.807, 2.05) is 6.07 Å². The molecule has 0 amide bonds. The molecule has 2 aromatic carbocycles. The molecule has 3 aromatic rings. The number of ether oxygens (including phenoxy) is 1. The van der Waals surface area contributed by atoms with Gasteiger partial charge in [0.1, 0.15) is 11.6 Å². The lowest BCUT2D eigenvalue weighted by Gasteiger charge is -2.03. The van der Waals surface area contributed by atoms with E-state index >= 15 is 0 Å². The highest BCUT2D eigenvalue weighted by Crippen LogP contribution is 2.26. The Morgan fingerprint density at radius 1 is 1.24 bits per heavy atom. The molecule has 106 valence electrons. The van der Waals surface area contributed by atoms with Gasteiger partial charge in [-0.15, -0.1) is 0 Å². The summed E-state index contributed by atoms with van der Waals surface area (Å²) in [5, 5.41) is 0.724. The molecular weight excluding hydrogens is 271 g/mol. The Morgan fingerprint density at radius 2 is 2.05 bits per heavy atom. The quantitative estimate of drug-likeness (QED) is 0.573. The minimum absolute atomic E-state index is 0.218. The molecule has 0 radical (unpaired) electrons. The van der Waals surface area contributed by atoms with Crippen molar-refractivity contribution in [1.82, 2.24) is 4.98 Å². The van der Waals surface area contributed by atoms with Gasteiger partial charge in [0.2, 0.25) is 0 Å². The summed E-state index contributed by atoms with van der Waals surface area (Å²) >= 11 is 0. The van der Waals surface area contributed by atoms with Crippen molar-refractivity contribution in [2.45, 2.75) is 0 Å². The molecule has 0 bridgehead atoms. The summed E-state index contributed by atoms with van der Waals surface area (Å²) in [5.41, 5.74) is 7.29. The molecule has 3 rings (SSSR count). The van der Waals surface area contributed by atoms with E-state index in [0.29, 0.717) is 11.3 Å². The van der Waals surface area contributed by atoms with Gasteiger partial charge in [-0.1, -0.05) is 0 Å². The molecule has 0 saturated heterocycles. The molecule has 3 N–H and O–H groups in total. The third-order valence-corrected chi connectivity index (χ3v) is 3.32. The Morgan fingerprint density at radius 3 is 2.76 bits per heavy atom. The number of methoxy groups -OCH3 is 1. The number of carbonyl (C=O) groups excluding carboxylic acids is 1. The molecule has 1 aromatic heterocycles. The largest absolute Gasteiger partial charge is 0.497 e. The van der Waals surface area contributed by atoms with Crippen LogP contribution in [0.25, 0.3) is 10.9 Å². The Labute approximate surface area is 120 Å². The normalized spacial score (nSPS) is 10.8. The van der Waals surface area contributed by atoms with Crippen molar-refractivity contribution in [3.63, 3.8) is 0 Å². The summed E-state index contributed by atoms with van der Waals surface area (Å²) in [6, 6.07) is 9.21. The minimum Gasteiger partial charge on any atom is -0.497 e. The second-order valence-corrected chi connectivity index (χ2v) is 4.72. The Balaban J connectivity index is 2.13. The first-order valence-electron chi connectivity index (χ1n) is 6.34. The lowest BCUT2D eigenvalue weighted by molar-refractivity contribution is 0.104. The monoisotopic (exact) mass is 284 g/mol. The van der Waals surface area contributed by atoms with E-state index in [9.17, 15) is 9.18 Å². The molecule has 0 fully saturated rings. The Hall–Kier alpha value is -2.82.